The Hall–Kier alpha value is -2.34. The number of nitrogens with one attached hydrogen (secondary N) is 2. The van der Waals surface area contributed by atoms with E-state index in [9.17, 15) is 4.79 Å². The van der Waals surface area contributed by atoms with E-state index in [0.717, 1.165) is 47.5 Å². The molecule has 1 aromatic carbocycles. The van der Waals surface area contributed by atoms with Crippen LogP contribution < -0.4 is 10.2 Å². The van der Waals surface area contributed by atoms with Crippen LogP contribution in [0.15, 0.2) is 42.0 Å². The lowest BCUT2D eigenvalue weighted by Gasteiger charge is -2.32. The number of piperidine rings is 1. The first kappa shape index (κ1) is 15.2. The van der Waals surface area contributed by atoms with E-state index >= 15 is 0 Å². The average Bonchev–Trinajstić information content (AvgIpc) is 3.29. The molecule has 2 aromatic heterocycles. The fourth-order valence-electron chi connectivity index (χ4n) is 3.37. The normalized spacial score (nSPS) is 18.0. The molecule has 0 saturated carbocycles. The lowest BCUT2D eigenvalue weighted by molar-refractivity contribution is 0.0947. The summed E-state index contributed by atoms with van der Waals surface area (Å²) >= 11 is 1.68. The number of para-hydroxylation sites is 1. The Labute approximate surface area is 144 Å². The molecule has 3 heterocycles. The number of thiazole rings is 1. The van der Waals surface area contributed by atoms with Gasteiger partial charge in [0, 0.05) is 48.3 Å². The third-order valence-corrected chi connectivity index (χ3v) is 5.43. The molecule has 4 rings (SSSR count). The van der Waals surface area contributed by atoms with Gasteiger partial charge < -0.3 is 15.2 Å². The number of fused-ring (bicyclic) bond motifs is 1. The summed E-state index contributed by atoms with van der Waals surface area (Å²) in [5.41, 5.74) is 1.72. The number of nitrogens with zero attached hydrogens (tertiary/aromatic N) is 2. The topological polar surface area (TPSA) is 61.0 Å². The highest BCUT2D eigenvalue weighted by Crippen LogP contribution is 2.24. The predicted octanol–water partition coefficient (Wildman–Crippen LogP) is 3.27. The molecule has 3 aromatic rings. The van der Waals surface area contributed by atoms with Crippen LogP contribution in [-0.2, 0) is 0 Å². The van der Waals surface area contributed by atoms with Crippen molar-refractivity contribution < 1.29 is 4.79 Å². The van der Waals surface area contributed by atoms with Gasteiger partial charge in [-0.3, -0.25) is 4.79 Å². The molecule has 2 N–H and O–H groups in total. The molecule has 0 aliphatic carbocycles. The Morgan fingerprint density at radius 2 is 2.33 bits per heavy atom. The number of benzene rings is 1. The Morgan fingerprint density at radius 1 is 1.42 bits per heavy atom. The van der Waals surface area contributed by atoms with Crippen LogP contribution in [0.5, 0.6) is 0 Å². The molecule has 1 saturated heterocycles. The molecule has 1 amide bonds. The predicted molar refractivity (Wildman–Crippen MR) is 97.7 cm³/mol. The van der Waals surface area contributed by atoms with Crippen LogP contribution >= 0.6 is 11.3 Å². The van der Waals surface area contributed by atoms with Crippen molar-refractivity contribution in [2.24, 2.45) is 5.92 Å². The van der Waals surface area contributed by atoms with Crippen LogP contribution in [0.3, 0.4) is 0 Å². The first-order chi connectivity index (χ1) is 11.8. The Bertz CT molecular complexity index is 827. The number of aromatic nitrogens is 2. The van der Waals surface area contributed by atoms with Crippen molar-refractivity contribution in [2.45, 2.75) is 12.8 Å². The average molecular weight is 340 g/mol. The summed E-state index contributed by atoms with van der Waals surface area (Å²) in [4.78, 5) is 22.4. The second-order valence-electron chi connectivity index (χ2n) is 6.23. The number of H-pyrrole nitrogens is 1. The Kier molecular flexibility index (Phi) is 4.21. The maximum absolute atomic E-state index is 12.5. The Morgan fingerprint density at radius 3 is 3.21 bits per heavy atom. The van der Waals surface area contributed by atoms with E-state index in [1.807, 2.05) is 35.8 Å². The standard InChI is InChI=1S/C18H20N4OS/c23-17(15-11-20-16-6-2-1-5-14(15)16)21-10-13-4-3-8-22(12-13)18-19-7-9-24-18/h1-2,5-7,9,11,13,20H,3-4,8,10,12H2,(H,21,23). The fourth-order valence-corrected chi connectivity index (χ4v) is 4.05. The molecule has 0 bridgehead atoms. The molecule has 0 radical (unpaired) electrons. The summed E-state index contributed by atoms with van der Waals surface area (Å²) < 4.78 is 0. The first-order valence-corrected chi connectivity index (χ1v) is 9.18. The minimum Gasteiger partial charge on any atom is -0.360 e. The van der Waals surface area contributed by atoms with E-state index < -0.39 is 0 Å². The number of carbonyl (C=O) groups is 1. The summed E-state index contributed by atoms with van der Waals surface area (Å²) in [5.74, 6) is 0.468. The number of hydrogen-bond donors (Lipinski definition) is 2. The van der Waals surface area contributed by atoms with Gasteiger partial charge in [-0.05, 0) is 24.8 Å². The number of hydrogen-bond acceptors (Lipinski definition) is 4. The zero-order valence-electron chi connectivity index (χ0n) is 13.4. The molecule has 1 fully saturated rings. The lowest BCUT2D eigenvalue weighted by atomic mass is 9.98. The van der Waals surface area contributed by atoms with E-state index in [4.69, 9.17) is 0 Å². The zero-order chi connectivity index (χ0) is 16.4. The zero-order valence-corrected chi connectivity index (χ0v) is 14.2. The van der Waals surface area contributed by atoms with Crippen LogP contribution in [0.25, 0.3) is 10.9 Å². The summed E-state index contributed by atoms with van der Waals surface area (Å²) in [6, 6.07) is 7.89. The summed E-state index contributed by atoms with van der Waals surface area (Å²) in [5, 5.41) is 7.18. The second kappa shape index (κ2) is 6.65. The fraction of sp³-hybridized carbons (Fsp3) is 0.333. The first-order valence-electron chi connectivity index (χ1n) is 8.30. The van der Waals surface area contributed by atoms with Gasteiger partial charge in [-0.25, -0.2) is 4.98 Å². The molecule has 24 heavy (non-hydrogen) atoms. The summed E-state index contributed by atoms with van der Waals surface area (Å²) in [6.07, 6.45) is 5.94. The second-order valence-corrected chi connectivity index (χ2v) is 7.10. The molecule has 124 valence electrons. The molecule has 0 spiro atoms. The van der Waals surface area contributed by atoms with Crippen molar-refractivity contribution in [3.05, 3.63) is 47.6 Å². The minimum absolute atomic E-state index is 0.00109. The van der Waals surface area contributed by atoms with E-state index in [1.165, 1.54) is 0 Å². The van der Waals surface area contributed by atoms with Gasteiger partial charge in [-0.15, -0.1) is 11.3 Å². The molecule has 6 heteroatoms. The highest BCUT2D eigenvalue weighted by Gasteiger charge is 2.22. The number of aromatic amines is 1. The van der Waals surface area contributed by atoms with Crippen LogP contribution in [0, 0.1) is 5.92 Å². The summed E-state index contributed by atoms with van der Waals surface area (Å²) in [7, 11) is 0. The molecule has 1 unspecified atom stereocenters. The van der Waals surface area contributed by atoms with Crippen LogP contribution in [0.1, 0.15) is 23.2 Å². The molecule has 1 atom stereocenters. The minimum atomic E-state index is -0.00109. The van der Waals surface area contributed by atoms with Crippen molar-refractivity contribution in [3.63, 3.8) is 0 Å². The summed E-state index contributed by atoms with van der Waals surface area (Å²) in [6.45, 7) is 2.72. The molecule has 5 nitrogen and oxygen atoms in total. The van der Waals surface area contributed by atoms with Crippen molar-refractivity contribution in [1.29, 1.82) is 0 Å². The number of anilines is 1. The highest BCUT2D eigenvalue weighted by molar-refractivity contribution is 7.13. The number of amides is 1. The van der Waals surface area contributed by atoms with Crippen LogP contribution in [-0.4, -0.2) is 35.5 Å². The maximum atomic E-state index is 12.5. The third-order valence-electron chi connectivity index (χ3n) is 4.59. The van der Waals surface area contributed by atoms with E-state index in [0.29, 0.717) is 12.5 Å². The smallest absolute Gasteiger partial charge is 0.253 e. The van der Waals surface area contributed by atoms with Crippen molar-refractivity contribution in [1.82, 2.24) is 15.3 Å². The van der Waals surface area contributed by atoms with Crippen molar-refractivity contribution in [2.75, 3.05) is 24.5 Å². The van der Waals surface area contributed by atoms with Gasteiger partial charge in [0.2, 0.25) is 0 Å². The number of rotatable bonds is 4. The quantitative estimate of drug-likeness (QED) is 0.766. The van der Waals surface area contributed by atoms with E-state index in [2.05, 4.69) is 20.2 Å². The van der Waals surface area contributed by atoms with Crippen LogP contribution in [0.4, 0.5) is 5.13 Å². The highest BCUT2D eigenvalue weighted by atomic mass is 32.1. The van der Waals surface area contributed by atoms with Gasteiger partial charge in [-0.1, -0.05) is 18.2 Å². The Balaban J connectivity index is 1.38. The largest absolute Gasteiger partial charge is 0.360 e. The lowest BCUT2D eigenvalue weighted by Crippen LogP contribution is -2.41. The molecular formula is C18H20N4OS. The van der Waals surface area contributed by atoms with Gasteiger partial charge in [-0.2, -0.15) is 0 Å². The van der Waals surface area contributed by atoms with Gasteiger partial charge in [0.1, 0.15) is 0 Å². The van der Waals surface area contributed by atoms with Gasteiger partial charge in [0.05, 0.1) is 5.56 Å². The van der Waals surface area contributed by atoms with Crippen LogP contribution in [0.2, 0.25) is 0 Å². The molecular weight excluding hydrogens is 320 g/mol. The maximum Gasteiger partial charge on any atom is 0.253 e. The van der Waals surface area contributed by atoms with Crippen molar-refractivity contribution >= 4 is 33.3 Å². The van der Waals surface area contributed by atoms with Gasteiger partial charge in [0.15, 0.2) is 5.13 Å². The van der Waals surface area contributed by atoms with Gasteiger partial charge in [0.25, 0.3) is 5.91 Å². The van der Waals surface area contributed by atoms with E-state index in [-0.39, 0.29) is 5.91 Å². The molecule has 1 aliphatic heterocycles. The third kappa shape index (κ3) is 3.01. The van der Waals surface area contributed by atoms with Crippen molar-refractivity contribution in [3.8, 4) is 0 Å². The van der Waals surface area contributed by atoms with Gasteiger partial charge >= 0.3 is 0 Å². The SMILES string of the molecule is O=C(NCC1CCCN(c2nccs2)C1)c1c[nH]c2ccccc12. The monoisotopic (exact) mass is 340 g/mol. The number of carbonyl (C=O) groups excluding carboxylic acids is 1. The van der Waals surface area contributed by atoms with E-state index in [1.54, 1.807) is 17.5 Å². The molecule has 1 aliphatic rings.